The van der Waals surface area contributed by atoms with Crippen molar-refractivity contribution in [1.82, 2.24) is 0 Å². The first-order valence-corrected chi connectivity index (χ1v) is 16.0. The molecule has 2 heterocycles. The van der Waals surface area contributed by atoms with Crippen LogP contribution in [0.15, 0.2) is 168 Å². The third-order valence-corrected chi connectivity index (χ3v) is 9.83. The van der Waals surface area contributed by atoms with E-state index in [0.717, 1.165) is 39.0 Å². The van der Waals surface area contributed by atoms with Gasteiger partial charge in [-0.15, -0.1) is 11.3 Å². The molecule has 2 nitrogen and oxygen atoms in total. The molecule has 7 aromatic carbocycles. The Morgan fingerprint density at radius 3 is 1.56 bits per heavy atom. The Kier molecular flexibility index (Phi) is 6.03. The minimum Gasteiger partial charge on any atom is -0.453 e. The topological polar surface area (TPSA) is 16.4 Å². The second kappa shape index (κ2) is 10.5. The van der Waals surface area contributed by atoms with Gasteiger partial charge in [0.25, 0.3) is 0 Å². The van der Waals surface area contributed by atoms with Gasteiger partial charge in [0.2, 0.25) is 0 Å². The molecular weight excluding hydrogens is 567 g/mol. The fourth-order valence-electron chi connectivity index (χ4n) is 6.52. The summed E-state index contributed by atoms with van der Waals surface area (Å²) in [4.78, 5) is 2.32. The summed E-state index contributed by atoms with van der Waals surface area (Å²) in [5.74, 6) is 0. The average Bonchev–Trinajstić information content (AvgIpc) is 3.69. The molecule has 0 aliphatic rings. The van der Waals surface area contributed by atoms with Crippen molar-refractivity contribution in [2.45, 2.75) is 0 Å². The number of hydrogen-bond donors (Lipinski definition) is 0. The number of anilines is 3. The van der Waals surface area contributed by atoms with Gasteiger partial charge in [0.15, 0.2) is 5.58 Å². The number of furan rings is 1. The third kappa shape index (κ3) is 4.32. The lowest BCUT2D eigenvalue weighted by atomic mass is 10.0. The summed E-state index contributed by atoms with van der Waals surface area (Å²) >= 11 is 1.82. The van der Waals surface area contributed by atoms with Crippen LogP contribution in [0, 0.1) is 0 Å². The number of rotatable bonds is 5. The van der Waals surface area contributed by atoms with Crippen LogP contribution >= 0.6 is 11.3 Å². The largest absolute Gasteiger partial charge is 0.453 e. The van der Waals surface area contributed by atoms with Crippen LogP contribution in [-0.2, 0) is 0 Å². The molecule has 0 spiro atoms. The Balaban J connectivity index is 1.25. The van der Waals surface area contributed by atoms with E-state index in [4.69, 9.17) is 4.42 Å². The number of hydrogen-bond acceptors (Lipinski definition) is 3. The van der Waals surface area contributed by atoms with Gasteiger partial charge in [-0.2, -0.15) is 0 Å². The molecule has 0 saturated carbocycles. The van der Waals surface area contributed by atoms with Crippen LogP contribution in [0.2, 0.25) is 0 Å². The van der Waals surface area contributed by atoms with Crippen molar-refractivity contribution < 1.29 is 4.42 Å². The molecule has 3 heteroatoms. The molecule has 0 fully saturated rings. The lowest BCUT2D eigenvalue weighted by Crippen LogP contribution is -2.10. The van der Waals surface area contributed by atoms with E-state index in [9.17, 15) is 0 Å². The van der Waals surface area contributed by atoms with Gasteiger partial charge in [0, 0.05) is 42.3 Å². The fourth-order valence-corrected chi connectivity index (χ4v) is 7.62. The Morgan fingerprint density at radius 1 is 0.378 bits per heavy atom. The second-order valence-electron chi connectivity index (χ2n) is 11.3. The normalized spacial score (nSPS) is 11.6. The maximum absolute atomic E-state index is 6.94. The zero-order valence-corrected chi connectivity index (χ0v) is 25.2. The number of nitrogens with zero attached hydrogens (tertiary/aromatic N) is 1. The zero-order valence-electron chi connectivity index (χ0n) is 24.4. The van der Waals surface area contributed by atoms with Gasteiger partial charge in [0.1, 0.15) is 5.58 Å². The minimum atomic E-state index is 0.884. The van der Waals surface area contributed by atoms with Gasteiger partial charge in [-0.1, -0.05) is 115 Å². The molecule has 0 saturated heterocycles. The Morgan fingerprint density at radius 2 is 0.911 bits per heavy atom. The summed E-state index contributed by atoms with van der Waals surface area (Å²) in [6, 6.07) is 58.3. The SMILES string of the molecule is c1ccc(-c2ccc(N(c3ccc(-c4ccccc4)cc3)c3cccc4c3oc3c4ccc4sc5ccccc5c43)cc2)cc1. The molecule has 0 N–H and O–H groups in total. The van der Waals surface area contributed by atoms with Crippen LogP contribution in [0.4, 0.5) is 17.1 Å². The highest BCUT2D eigenvalue weighted by molar-refractivity contribution is 7.26. The second-order valence-corrected chi connectivity index (χ2v) is 12.4. The number of thiophene rings is 1. The van der Waals surface area contributed by atoms with E-state index >= 15 is 0 Å². The van der Waals surface area contributed by atoms with Crippen LogP contribution in [0.5, 0.6) is 0 Å². The predicted molar refractivity (Wildman–Crippen MR) is 192 cm³/mol. The molecule has 0 radical (unpaired) electrons. The molecule has 9 aromatic rings. The molecule has 0 amide bonds. The van der Waals surface area contributed by atoms with Gasteiger partial charge >= 0.3 is 0 Å². The highest BCUT2D eigenvalue weighted by Gasteiger charge is 2.21. The maximum atomic E-state index is 6.94. The van der Waals surface area contributed by atoms with Crippen molar-refractivity contribution in [1.29, 1.82) is 0 Å². The maximum Gasteiger partial charge on any atom is 0.159 e. The van der Waals surface area contributed by atoms with Crippen LogP contribution in [0.1, 0.15) is 0 Å². The zero-order chi connectivity index (χ0) is 29.7. The molecule has 0 unspecified atom stereocenters. The number of fused-ring (bicyclic) bond motifs is 7. The van der Waals surface area contributed by atoms with E-state index in [2.05, 4.69) is 169 Å². The summed E-state index contributed by atoms with van der Waals surface area (Å²) in [7, 11) is 0. The first-order valence-electron chi connectivity index (χ1n) is 15.2. The van der Waals surface area contributed by atoms with Crippen molar-refractivity contribution in [2.24, 2.45) is 0 Å². The lowest BCUT2D eigenvalue weighted by Gasteiger charge is -2.26. The molecule has 0 aliphatic carbocycles. The average molecular weight is 594 g/mol. The van der Waals surface area contributed by atoms with Crippen molar-refractivity contribution in [2.75, 3.05) is 4.90 Å². The first kappa shape index (κ1) is 25.8. The first-order chi connectivity index (χ1) is 22.3. The van der Waals surface area contributed by atoms with E-state index in [0.29, 0.717) is 0 Å². The molecule has 0 atom stereocenters. The molecule has 9 rings (SSSR count). The lowest BCUT2D eigenvalue weighted by molar-refractivity contribution is 0.673. The van der Waals surface area contributed by atoms with Crippen molar-refractivity contribution >= 4 is 70.5 Å². The quantitative estimate of drug-likeness (QED) is 0.197. The van der Waals surface area contributed by atoms with Crippen molar-refractivity contribution in [3.05, 3.63) is 164 Å². The summed E-state index contributed by atoms with van der Waals surface area (Å²) in [6.45, 7) is 0. The van der Waals surface area contributed by atoms with Gasteiger partial charge in [0.05, 0.1) is 5.69 Å². The molecular formula is C42H27NOS. The van der Waals surface area contributed by atoms with E-state index in [1.807, 2.05) is 11.3 Å². The highest BCUT2D eigenvalue weighted by Crippen LogP contribution is 2.46. The van der Waals surface area contributed by atoms with Gasteiger partial charge in [-0.05, 0) is 70.8 Å². The van der Waals surface area contributed by atoms with Crippen LogP contribution in [0.25, 0.3) is 64.4 Å². The molecule has 0 bridgehead atoms. The Bertz CT molecular complexity index is 2370. The van der Waals surface area contributed by atoms with E-state index in [1.165, 1.54) is 42.4 Å². The third-order valence-electron chi connectivity index (χ3n) is 8.69. The van der Waals surface area contributed by atoms with Crippen LogP contribution < -0.4 is 4.90 Å². The minimum absolute atomic E-state index is 0.884. The van der Waals surface area contributed by atoms with Gasteiger partial charge < -0.3 is 9.32 Å². The molecule has 212 valence electrons. The van der Waals surface area contributed by atoms with Crippen molar-refractivity contribution in [3.63, 3.8) is 0 Å². The van der Waals surface area contributed by atoms with E-state index in [-0.39, 0.29) is 0 Å². The smallest absolute Gasteiger partial charge is 0.159 e. The summed E-state index contributed by atoms with van der Waals surface area (Å²) in [5.41, 5.74) is 9.77. The highest BCUT2D eigenvalue weighted by atomic mass is 32.1. The van der Waals surface area contributed by atoms with Crippen molar-refractivity contribution in [3.8, 4) is 22.3 Å². The standard InChI is InChI=1S/C42H27NOS/c1-3-10-28(11-4-1)30-18-22-32(23-19-30)43(33-24-20-31(21-25-33)29-12-5-2-6-13-29)37-16-9-15-34-35-26-27-39-40(42(35)44-41(34)37)36-14-7-8-17-38(36)45-39/h1-27H. The van der Waals surface area contributed by atoms with Crippen LogP contribution in [0.3, 0.4) is 0 Å². The number of para-hydroxylation sites is 1. The molecule has 2 aromatic heterocycles. The van der Waals surface area contributed by atoms with Crippen LogP contribution in [-0.4, -0.2) is 0 Å². The van der Waals surface area contributed by atoms with Gasteiger partial charge in [-0.3, -0.25) is 0 Å². The van der Waals surface area contributed by atoms with E-state index in [1.54, 1.807) is 0 Å². The van der Waals surface area contributed by atoms with Gasteiger partial charge in [-0.25, -0.2) is 0 Å². The number of benzene rings is 7. The Hall–Kier alpha value is -5.64. The Labute approximate surface area is 265 Å². The summed E-state index contributed by atoms with van der Waals surface area (Å²) in [6.07, 6.45) is 0. The summed E-state index contributed by atoms with van der Waals surface area (Å²) < 4.78 is 9.46. The molecule has 45 heavy (non-hydrogen) atoms. The fraction of sp³-hybridized carbons (Fsp3) is 0. The molecule has 0 aliphatic heterocycles. The predicted octanol–water partition coefficient (Wildman–Crippen LogP) is 12.8. The van der Waals surface area contributed by atoms with E-state index < -0.39 is 0 Å². The summed E-state index contributed by atoms with van der Waals surface area (Å²) in [5, 5.41) is 4.70. The monoisotopic (exact) mass is 593 g/mol.